The fourth-order valence-corrected chi connectivity index (χ4v) is 8.38. The summed E-state index contributed by atoms with van der Waals surface area (Å²) in [5.74, 6) is -0.0821. The largest absolute Gasteiger partial charge is 0.394 e. The third kappa shape index (κ3) is 57.3. The molecule has 4 heteroatoms. The average Bonchev–Trinajstić information content (AvgIpc) is 3.37. The highest BCUT2D eigenvalue weighted by atomic mass is 16.3. The fourth-order valence-electron chi connectivity index (χ4n) is 8.38. The smallest absolute Gasteiger partial charge is 0.220 e. The molecule has 0 heterocycles. The van der Waals surface area contributed by atoms with E-state index in [-0.39, 0.29) is 12.5 Å². The molecule has 0 saturated heterocycles. The van der Waals surface area contributed by atoms with Crippen molar-refractivity contribution in [2.45, 2.75) is 276 Å². The number of aliphatic hydroxyl groups excluding tert-OH is 2. The lowest BCUT2D eigenvalue weighted by molar-refractivity contribution is -0.123. The van der Waals surface area contributed by atoms with Crippen molar-refractivity contribution >= 4 is 5.91 Å². The van der Waals surface area contributed by atoms with Crippen LogP contribution in [0, 0.1) is 0 Å². The molecule has 0 rings (SSSR count). The number of carbonyl (C=O) groups is 1. The molecule has 2 unspecified atom stereocenters. The lowest BCUT2D eigenvalue weighted by Gasteiger charge is -2.20. The number of amides is 1. The third-order valence-electron chi connectivity index (χ3n) is 12.9. The van der Waals surface area contributed by atoms with Crippen LogP contribution in [0.25, 0.3) is 0 Å². The van der Waals surface area contributed by atoms with Crippen LogP contribution >= 0.6 is 0 Å². The summed E-state index contributed by atoms with van der Waals surface area (Å²) in [4.78, 5) is 12.5. The lowest BCUT2D eigenvalue weighted by Crippen LogP contribution is -2.45. The molecule has 0 aromatic carbocycles. The van der Waals surface area contributed by atoms with Crippen molar-refractivity contribution in [3.05, 3.63) is 134 Å². The number of allylic oxidation sites excluding steroid dienone is 21. The maximum atomic E-state index is 12.5. The SMILES string of the molecule is CC/C=C\C/C=C\C/C=C\C/C=C\C/C=C\C/C=C\C/C=C\C/C=C\C/C=C\C/C=C\CCCCCCCCC(=O)NC(CO)C(O)/C=C/CCCCCCCCCCCCCCCCCCCCCC. The summed E-state index contributed by atoms with van der Waals surface area (Å²) in [6.45, 7) is 4.20. The normalized spacial score (nSPS) is 13.8. The van der Waals surface area contributed by atoms with Crippen LogP contribution in [0.5, 0.6) is 0 Å². The number of rotatable bonds is 53. The van der Waals surface area contributed by atoms with Gasteiger partial charge in [0.15, 0.2) is 0 Å². The summed E-state index contributed by atoms with van der Waals surface area (Å²) in [6, 6.07) is -0.641. The van der Waals surface area contributed by atoms with E-state index < -0.39 is 12.1 Å². The van der Waals surface area contributed by atoms with Gasteiger partial charge in [-0.1, -0.05) is 295 Å². The van der Waals surface area contributed by atoms with Crippen molar-refractivity contribution in [1.29, 1.82) is 0 Å². The predicted octanol–water partition coefficient (Wildman–Crippen LogP) is 20.2. The van der Waals surface area contributed by atoms with Gasteiger partial charge in [0.25, 0.3) is 0 Å². The van der Waals surface area contributed by atoms with Gasteiger partial charge in [0, 0.05) is 6.42 Å². The molecule has 0 aliphatic carbocycles. The van der Waals surface area contributed by atoms with Crippen molar-refractivity contribution < 1.29 is 15.0 Å². The summed E-state index contributed by atoms with van der Waals surface area (Å²) in [5.41, 5.74) is 0. The second kappa shape index (κ2) is 60.8. The van der Waals surface area contributed by atoms with Crippen LogP contribution in [0.15, 0.2) is 134 Å². The standard InChI is InChI=1S/C67H113NO3/c1-3-5-7-9-11-13-15-17-19-21-23-25-27-28-29-30-31-32-33-34-35-36-37-38-39-40-41-43-45-47-49-51-53-55-57-59-61-63-67(71)68-65(64-69)66(70)62-60-58-56-54-52-50-48-46-44-42-26-24-22-20-18-16-14-12-10-8-6-4-2/h5,7,11,13,17,19,23,25,28-29,31-32,34-35,37-38,40-41,45,47,60,62,65-66,69-70H,3-4,6,8-10,12,14-16,18,20-22,24,26-27,30,33,36,39,42-44,46,48-59,61,63-64H2,1-2H3,(H,68,71)/b7-5-,13-11-,19-17-,25-23-,29-28-,32-31-,35-34-,38-37-,41-40-,47-45-,62-60+. The molecule has 0 aromatic rings. The molecule has 0 aliphatic heterocycles. The van der Waals surface area contributed by atoms with Crippen LogP contribution in [-0.4, -0.2) is 34.9 Å². The molecule has 0 fully saturated rings. The van der Waals surface area contributed by atoms with E-state index in [0.29, 0.717) is 6.42 Å². The molecule has 0 radical (unpaired) electrons. The van der Waals surface area contributed by atoms with Crippen molar-refractivity contribution in [3.8, 4) is 0 Å². The van der Waals surface area contributed by atoms with Gasteiger partial charge in [-0.25, -0.2) is 0 Å². The maximum Gasteiger partial charge on any atom is 0.220 e. The van der Waals surface area contributed by atoms with Crippen LogP contribution in [0.4, 0.5) is 0 Å². The van der Waals surface area contributed by atoms with Crippen molar-refractivity contribution in [1.82, 2.24) is 5.32 Å². The van der Waals surface area contributed by atoms with Gasteiger partial charge in [0.2, 0.25) is 5.91 Å². The van der Waals surface area contributed by atoms with Crippen LogP contribution in [0.1, 0.15) is 264 Å². The molecule has 0 bridgehead atoms. The van der Waals surface area contributed by atoms with E-state index in [4.69, 9.17) is 0 Å². The van der Waals surface area contributed by atoms with Gasteiger partial charge < -0.3 is 15.5 Å². The summed E-state index contributed by atoms with van der Waals surface area (Å²) in [6.07, 6.45) is 94.7. The van der Waals surface area contributed by atoms with E-state index in [9.17, 15) is 15.0 Å². The Balaban J connectivity index is 3.64. The zero-order valence-corrected chi connectivity index (χ0v) is 46.4. The Morgan fingerprint density at radius 3 is 0.930 bits per heavy atom. The summed E-state index contributed by atoms with van der Waals surface area (Å²) >= 11 is 0. The molecule has 404 valence electrons. The Morgan fingerprint density at radius 2 is 0.620 bits per heavy atom. The summed E-state index contributed by atoms with van der Waals surface area (Å²) in [7, 11) is 0. The van der Waals surface area contributed by atoms with Crippen LogP contribution < -0.4 is 5.32 Å². The third-order valence-corrected chi connectivity index (χ3v) is 12.9. The zero-order chi connectivity index (χ0) is 51.3. The Labute approximate surface area is 441 Å². The topological polar surface area (TPSA) is 69.6 Å². The van der Waals surface area contributed by atoms with Crippen molar-refractivity contribution in [2.75, 3.05) is 6.61 Å². The molecule has 0 saturated carbocycles. The highest BCUT2D eigenvalue weighted by Crippen LogP contribution is 2.16. The number of unbranched alkanes of at least 4 members (excludes halogenated alkanes) is 26. The number of carbonyl (C=O) groups excluding carboxylic acids is 1. The molecule has 2 atom stereocenters. The Hall–Kier alpha value is -3.47. The van der Waals surface area contributed by atoms with E-state index in [2.05, 4.69) is 141 Å². The number of aliphatic hydroxyl groups is 2. The number of hydrogen-bond acceptors (Lipinski definition) is 3. The van der Waals surface area contributed by atoms with Gasteiger partial charge in [-0.2, -0.15) is 0 Å². The second-order valence-corrected chi connectivity index (χ2v) is 19.7. The zero-order valence-electron chi connectivity index (χ0n) is 46.4. The van der Waals surface area contributed by atoms with Crippen LogP contribution in [-0.2, 0) is 4.79 Å². The van der Waals surface area contributed by atoms with Crippen molar-refractivity contribution in [3.63, 3.8) is 0 Å². The maximum absolute atomic E-state index is 12.5. The van der Waals surface area contributed by atoms with Gasteiger partial charge in [-0.15, -0.1) is 0 Å². The first-order chi connectivity index (χ1) is 35.2. The molecule has 0 aliphatic rings. The van der Waals surface area contributed by atoms with E-state index in [0.717, 1.165) is 103 Å². The highest BCUT2D eigenvalue weighted by Gasteiger charge is 2.18. The molecule has 71 heavy (non-hydrogen) atoms. The molecular weight excluding hydrogens is 867 g/mol. The van der Waals surface area contributed by atoms with Gasteiger partial charge in [-0.05, 0) is 96.3 Å². The fraction of sp³-hybridized carbons (Fsp3) is 0.657. The molecule has 3 N–H and O–H groups in total. The molecule has 4 nitrogen and oxygen atoms in total. The predicted molar refractivity (Wildman–Crippen MR) is 317 cm³/mol. The van der Waals surface area contributed by atoms with Gasteiger partial charge in [0.1, 0.15) is 0 Å². The lowest BCUT2D eigenvalue weighted by atomic mass is 10.0. The minimum Gasteiger partial charge on any atom is -0.394 e. The van der Waals surface area contributed by atoms with E-state index in [1.54, 1.807) is 6.08 Å². The average molecular weight is 981 g/mol. The first kappa shape index (κ1) is 67.5. The number of nitrogens with one attached hydrogen (secondary N) is 1. The van der Waals surface area contributed by atoms with Crippen molar-refractivity contribution in [2.24, 2.45) is 0 Å². The van der Waals surface area contributed by atoms with Gasteiger partial charge in [-0.3, -0.25) is 4.79 Å². The van der Waals surface area contributed by atoms with E-state index in [1.165, 1.54) is 141 Å². The Kier molecular flexibility index (Phi) is 57.9. The molecule has 0 aromatic heterocycles. The van der Waals surface area contributed by atoms with E-state index in [1.807, 2.05) is 6.08 Å². The first-order valence-electron chi connectivity index (χ1n) is 29.9. The molecular formula is C67H113NO3. The molecule has 0 spiro atoms. The highest BCUT2D eigenvalue weighted by molar-refractivity contribution is 5.76. The van der Waals surface area contributed by atoms with Crippen LogP contribution in [0.3, 0.4) is 0 Å². The monoisotopic (exact) mass is 980 g/mol. The number of hydrogen-bond donors (Lipinski definition) is 3. The van der Waals surface area contributed by atoms with E-state index >= 15 is 0 Å². The quantitative estimate of drug-likeness (QED) is 0.0420. The molecule has 1 amide bonds. The Morgan fingerprint density at radius 1 is 0.352 bits per heavy atom. The Bertz CT molecular complexity index is 1440. The van der Waals surface area contributed by atoms with Crippen LogP contribution in [0.2, 0.25) is 0 Å². The van der Waals surface area contributed by atoms with Gasteiger partial charge in [0.05, 0.1) is 18.8 Å². The summed E-state index contributed by atoms with van der Waals surface area (Å²) < 4.78 is 0. The minimum absolute atomic E-state index is 0.0821. The minimum atomic E-state index is -0.856. The first-order valence-corrected chi connectivity index (χ1v) is 29.9. The second-order valence-electron chi connectivity index (χ2n) is 19.7. The van der Waals surface area contributed by atoms with Gasteiger partial charge >= 0.3 is 0 Å². The summed E-state index contributed by atoms with van der Waals surface area (Å²) in [5, 5.41) is 23.2.